The van der Waals surface area contributed by atoms with Crippen molar-refractivity contribution in [3.05, 3.63) is 59.4 Å². The minimum absolute atomic E-state index is 0.0584. The summed E-state index contributed by atoms with van der Waals surface area (Å²) in [5.41, 5.74) is 1.09. The molecule has 1 amide bonds. The molecule has 1 unspecified atom stereocenters. The van der Waals surface area contributed by atoms with Gasteiger partial charge in [0.2, 0.25) is 10.0 Å². The first-order chi connectivity index (χ1) is 13.8. The second-order valence-corrected chi connectivity index (χ2v) is 9.47. The van der Waals surface area contributed by atoms with Gasteiger partial charge in [-0.15, -0.1) is 0 Å². The number of carbonyl (C=O) groups excluding carboxylic acids is 1. The van der Waals surface area contributed by atoms with Gasteiger partial charge in [-0.05, 0) is 74.6 Å². The third-order valence-electron chi connectivity index (χ3n) is 5.52. The molecule has 0 aliphatic heterocycles. The summed E-state index contributed by atoms with van der Waals surface area (Å²) in [6.45, 7) is 3.51. The van der Waals surface area contributed by atoms with Crippen LogP contribution < -0.4 is 10.0 Å². The number of nitrogens with one attached hydrogen (secondary N) is 2. The Labute approximate surface area is 171 Å². The zero-order chi connectivity index (χ0) is 21.0. The zero-order valence-electron chi connectivity index (χ0n) is 16.7. The highest BCUT2D eigenvalue weighted by molar-refractivity contribution is 7.89. The van der Waals surface area contributed by atoms with Crippen molar-refractivity contribution in [3.8, 4) is 0 Å². The van der Waals surface area contributed by atoms with Crippen LogP contribution in [0.15, 0.2) is 47.4 Å². The Morgan fingerprint density at radius 2 is 1.83 bits per heavy atom. The van der Waals surface area contributed by atoms with Gasteiger partial charge in [-0.2, -0.15) is 0 Å². The van der Waals surface area contributed by atoms with Crippen molar-refractivity contribution in [2.24, 2.45) is 5.92 Å². The van der Waals surface area contributed by atoms with Crippen LogP contribution in [0.2, 0.25) is 0 Å². The lowest BCUT2D eigenvalue weighted by atomic mass is 9.85. The van der Waals surface area contributed by atoms with E-state index in [0.717, 1.165) is 25.7 Å². The number of rotatable bonds is 6. The van der Waals surface area contributed by atoms with Gasteiger partial charge in [0, 0.05) is 17.3 Å². The Morgan fingerprint density at radius 3 is 2.52 bits per heavy atom. The zero-order valence-corrected chi connectivity index (χ0v) is 17.6. The molecule has 1 aliphatic rings. The number of anilines is 1. The fraction of sp³-hybridized carbons (Fsp3) is 0.409. The molecule has 0 aromatic heterocycles. The van der Waals surface area contributed by atoms with Gasteiger partial charge >= 0.3 is 0 Å². The Hall–Kier alpha value is -2.25. The average Bonchev–Trinajstić information content (AvgIpc) is 2.71. The van der Waals surface area contributed by atoms with E-state index in [1.54, 1.807) is 19.1 Å². The molecule has 0 spiro atoms. The summed E-state index contributed by atoms with van der Waals surface area (Å²) in [6.07, 6.45) is 5.54. The number of hydrogen-bond acceptors (Lipinski definition) is 3. The molecule has 1 fully saturated rings. The maximum Gasteiger partial charge on any atom is 0.255 e. The number of hydrogen-bond donors (Lipinski definition) is 2. The smallest absolute Gasteiger partial charge is 0.255 e. The Balaban J connectivity index is 1.73. The number of carbonyl (C=O) groups is 1. The molecule has 156 valence electrons. The van der Waals surface area contributed by atoms with Crippen molar-refractivity contribution in [3.63, 3.8) is 0 Å². The molecule has 0 saturated heterocycles. The minimum atomic E-state index is -3.73. The normalized spacial score (nSPS) is 16.4. The second-order valence-electron chi connectivity index (χ2n) is 7.75. The molecule has 7 heteroatoms. The maximum atomic E-state index is 13.4. The summed E-state index contributed by atoms with van der Waals surface area (Å²) < 4.78 is 41.8. The van der Waals surface area contributed by atoms with Crippen molar-refractivity contribution < 1.29 is 17.6 Å². The number of amides is 1. The first kappa shape index (κ1) is 21.5. The monoisotopic (exact) mass is 418 g/mol. The predicted octanol–water partition coefficient (Wildman–Crippen LogP) is 4.63. The predicted molar refractivity (Wildman–Crippen MR) is 112 cm³/mol. The van der Waals surface area contributed by atoms with E-state index >= 15 is 0 Å². The SMILES string of the molecule is Cc1cc(NC(=O)c2cccc(S(=O)(=O)NC(C)C3CCCCC3)c2)ccc1F. The summed E-state index contributed by atoms with van der Waals surface area (Å²) in [5.74, 6) is -0.464. The van der Waals surface area contributed by atoms with Crippen molar-refractivity contribution in [2.45, 2.75) is 56.9 Å². The number of benzene rings is 2. The summed E-state index contributed by atoms with van der Waals surface area (Å²) in [6, 6.07) is 10.1. The van der Waals surface area contributed by atoms with Crippen molar-refractivity contribution in [1.82, 2.24) is 4.72 Å². The lowest BCUT2D eigenvalue weighted by Crippen LogP contribution is -2.38. The summed E-state index contributed by atoms with van der Waals surface area (Å²) in [4.78, 5) is 12.6. The molecule has 0 bridgehead atoms. The van der Waals surface area contributed by atoms with Gasteiger partial charge in [-0.25, -0.2) is 17.5 Å². The van der Waals surface area contributed by atoms with Gasteiger partial charge in [0.1, 0.15) is 5.82 Å². The van der Waals surface area contributed by atoms with Crippen LogP contribution in [0, 0.1) is 18.7 Å². The highest BCUT2D eigenvalue weighted by Crippen LogP contribution is 2.27. The van der Waals surface area contributed by atoms with Crippen molar-refractivity contribution >= 4 is 21.6 Å². The maximum absolute atomic E-state index is 13.4. The molecule has 3 rings (SSSR count). The summed E-state index contributed by atoms with van der Waals surface area (Å²) >= 11 is 0. The largest absolute Gasteiger partial charge is 0.322 e. The molecule has 0 heterocycles. The minimum Gasteiger partial charge on any atom is -0.322 e. The van der Waals surface area contributed by atoms with Gasteiger partial charge in [-0.1, -0.05) is 25.3 Å². The lowest BCUT2D eigenvalue weighted by Gasteiger charge is -2.28. The number of sulfonamides is 1. The third-order valence-corrected chi connectivity index (χ3v) is 7.08. The molecule has 1 atom stereocenters. The van der Waals surface area contributed by atoms with E-state index in [2.05, 4.69) is 10.0 Å². The van der Waals surface area contributed by atoms with Gasteiger partial charge in [0.15, 0.2) is 0 Å². The lowest BCUT2D eigenvalue weighted by molar-refractivity contribution is 0.102. The molecule has 2 aromatic carbocycles. The third kappa shape index (κ3) is 5.42. The Kier molecular flexibility index (Phi) is 6.70. The van der Waals surface area contributed by atoms with Gasteiger partial charge in [0.05, 0.1) is 4.90 Å². The first-order valence-corrected chi connectivity index (χ1v) is 11.4. The van der Waals surface area contributed by atoms with Crippen LogP contribution in [0.4, 0.5) is 10.1 Å². The standard InChI is InChI=1S/C22H27FN2O3S/c1-15-13-19(11-12-21(15)23)24-22(26)18-9-6-10-20(14-18)29(27,28)25-16(2)17-7-4-3-5-8-17/h6,9-14,16-17,25H,3-5,7-8H2,1-2H3,(H,24,26). The summed E-state index contributed by atoms with van der Waals surface area (Å²) in [5, 5.41) is 2.68. The van der Waals surface area contributed by atoms with Crippen molar-refractivity contribution in [2.75, 3.05) is 5.32 Å². The second kappa shape index (κ2) is 9.05. The molecule has 2 N–H and O–H groups in total. The Bertz CT molecular complexity index is 985. The van der Waals surface area contributed by atoms with Crippen LogP contribution in [-0.2, 0) is 10.0 Å². The molecule has 1 aliphatic carbocycles. The van der Waals surface area contributed by atoms with Crippen LogP contribution in [0.5, 0.6) is 0 Å². The van der Waals surface area contributed by atoms with Gasteiger partial charge < -0.3 is 5.32 Å². The number of halogens is 1. The van der Waals surface area contributed by atoms with Crippen LogP contribution in [-0.4, -0.2) is 20.4 Å². The van der Waals surface area contributed by atoms with Crippen LogP contribution in [0.1, 0.15) is 54.9 Å². The first-order valence-electron chi connectivity index (χ1n) is 9.96. The summed E-state index contributed by atoms with van der Waals surface area (Å²) in [7, 11) is -3.73. The quantitative estimate of drug-likeness (QED) is 0.718. The fourth-order valence-corrected chi connectivity index (χ4v) is 5.13. The molecule has 5 nitrogen and oxygen atoms in total. The highest BCUT2D eigenvalue weighted by atomic mass is 32.2. The molecule has 0 radical (unpaired) electrons. The molecule has 2 aromatic rings. The van der Waals surface area contributed by atoms with E-state index in [0.29, 0.717) is 17.2 Å². The van der Waals surface area contributed by atoms with E-state index in [1.807, 2.05) is 6.92 Å². The molecule has 29 heavy (non-hydrogen) atoms. The van der Waals surface area contributed by atoms with E-state index in [4.69, 9.17) is 0 Å². The number of aryl methyl sites for hydroxylation is 1. The van der Waals surface area contributed by atoms with Crippen LogP contribution in [0.3, 0.4) is 0 Å². The van der Waals surface area contributed by atoms with Crippen LogP contribution >= 0.6 is 0 Å². The van der Waals surface area contributed by atoms with Crippen LogP contribution in [0.25, 0.3) is 0 Å². The highest BCUT2D eigenvalue weighted by Gasteiger charge is 2.25. The van der Waals surface area contributed by atoms with Gasteiger partial charge in [-0.3, -0.25) is 4.79 Å². The molecular formula is C22H27FN2O3S. The topological polar surface area (TPSA) is 75.3 Å². The fourth-order valence-electron chi connectivity index (χ4n) is 3.77. The van der Waals surface area contributed by atoms with E-state index in [1.165, 1.54) is 36.8 Å². The Morgan fingerprint density at radius 1 is 1.10 bits per heavy atom. The van der Waals surface area contributed by atoms with E-state index in [9.17, 15) is 17.6 Å². The van der Waals surface area contributed by atoms with Gasteiger partial charge in [0.25, 0.3) is 5.91 Å². The molecule has 1 saturated carbocycles. The molecular weight excluding hydrogens is 391 g/mol. The van der Waals surface area contributed by atoms with E-state index in [-0.39, 0.29) is 22.3 Å². The average molecular weight is 419 g/mol. The van der Waals surface area contributed by atoms with E-state index < -0.39 is 15.9 Å². The van der Waals surface area contributed by atoms with Crippen molar-refractivity contribution in [1.29, 1.82) is 0 Å².